The Balaban J connectivity index is 2.02. The Hall–Kier alpha value is -1.85. The number of aromatic nitrogens is 1. The number of amides is 1. The van der Waals surface area contributed by atoms with Crippen molar-refractivity contribution in [1.82, 2.24) is 15.8 Å². The zero-order chi connectivity index (χ0) is 14.8. The fraction of sp³-hybridized carbons (Fsp3) is 0.438. The molecule has 5 heteroatoms. The molecule has 0 saturated heterocycles. The standard InChI is InChI=1S/C16H21N3O2/c1-2-8-17-14-5-3-4-11-12-9-10(16(20)19-21)6-7-13(12)18-15(11)14/h6-7,9,14,17-18,21H,2-5,8H2,1H3,(H,19,20). The van der Waals surface area contributed by atoms with Crippen LogP contribution < -0.4 is 10.8 Å². The van der Waals surface area contributed by atoms with Gasteiger partial charge in [0.25, 0.3) is 5.91 Å². The van der Waals surface area contributed by atoms with Crippen LogP contribution in [0.3, 0.4) is 0 Å². The predicted octanol–water partition coefficient (Wildman–Crippen LogP) is 2.66. The lowest BCUT2D eigenvalue weighted by Crippen LogP contribution is -2.25. The Kier molecular flexibility index (Phi) is 3.94. The second-order valence-corrected chi connectivity index (χ2v) is 5.62. The number of aromatic amines is 1. The normalized spacial score (nSPS) is 17.7. The molecule has 5 nitrogen and oxygen atoms in total. The first kappa shape index (κ1) is 14.1. The van der Waals surface area contributed by atoms with Crippen molar-refractivity contribution in [2.24, 2.45) is 0 Å². The van der Waals surface area contributed by atoms with Crippen molar-refractivity contribution < 1.29 is 10.0 Å². The van der Waals surface area contributed by atoms with Crippen LogP contribution >= 0.6 is 0 Å². The van der Waals surface area contributed by atoms with Crippen molar-refractivity contribution in [3.8, 4) is 0 Å². The molecule has 0 fully saturated rings. The van der Waals surface area contributed by atoms with Gasteiger partial charge in [0, 0.05) is 28.2 Å². The van der Waals surface area contributed by atoms with Crippen LogP contribution in [-0.2, 0) is 6.42 Å². The van der Waals surface area contributed by atoms with Crippen molar-refractivity contribution in [2.75, 3.05) is 6.54 Å². The van der Waals surface area contributed by atoms with Gasteiger partial charge in [-0.3, -0.25) is 10.0 Å². The van der Waals surface area contributed by atoms with Crippen LogP contribution in [0.4, 0.5) is 0 Å². The third kappa shape index (κ3) is 2.54. The highest BCUT2D eigenvalue weighted by atomic mass is 16.5. The summed E-state index contributed by atoms with van der Waals surface area (Å²) in [5.74, 6) is -0.469. The molecule has 0 bridgehead atoms. The molecule has 1 aromatic carbocycles. The molecule has 0 saturated carbocycles. The fourth-order valence-corrected chi connectivity index (χ4v) is 3.19. The van der Waals surface area contributed by atoms with Crippen molar-refractivity contribution in [3.63, 3.8) is 0 Å². The molecule has 2 aromatic rings. The molecule has 1 amide bonds. The maximum Gasteiger partial charge on any atom is 0.274 e. The minimum Gasteiger partial charge on any atom is -0.357 e. The molecule has 0 spiro atoms. The van der Waals surface area contributed by atoms with E-state index in [1.54, 1.807) is 11.5 Å². The quantitative estimate of drug-likeness (QED) is 0.516. The zero-order valence-corrected chi connectivity index (χ0v) is 12.2. The van der Waals surface area contributed by atoms with E-state index < -0.39 is 5.91 Å². The van der Waals surface area contributed by atoms with Crippen molar-refractivity contribution in [1.29, 1.82) is 0 Å². The summed E-state index contributed by atoms with van der Waals surface area (Å²) in [5.41, 5.74) is 5.79. The Bertz CT molecular complexity index is 663. The summed E-state index contributed by atoms with van der Waals surface area (Å²) in [6.45, 7) is 3.18. The second-order valence-electron chi connectivity index (χ2n) is 5.62. The lowest BCUT2D eigenvalue weighted by atomic mass is 9.91. The van der Waals surface area contributed by atoms with Gasteiger partial charge in [-0.1, -0.05) is 6.92 Å². The van der Waals surface area contributed by atoms with Gasteiger partial charge in [0.1, 0.15) is 0 Å². The van der Waals surface area contributed by atoms with Crippen molar-refractivity contribution in [2.45, 2.75) is 38.6 Å². The van der Waals surface area contributed by atoms with Crippen LogP contribution in [0, 0.1) is 0 Å². The van der Waals surface area contributed by atoms with E-state index in [1.807, 2.05) is 12.1 Å². The summed E-state index contributed by atoms with van der Waals surface area (Å²) in [6.07, 6.45) is 4.44. The van der Waals surface area contributed by atoms with Gasteiger partial charge in [0.15, 0.2) is 0 Å². The number of carbonyl (C=O) groups excluding carboxylic acids is 1. The lowest BCUT2D eigenvalue weighted by Gasteiger charge is -2.23. The van der Waals surface area contributed by atoms with E-state index in [9.17, 15) is 4.79 Å². The van der Waals surface area contributed by atoms with E-state index in [0.717, 1.165) is 43.1 Å². The molecule has 1 atom stereocenters. The van der Waals surface area contributed by atoms with Gasteiger partial charge in [-0.25, -0.2) is 5.48 Å². The number of hydroxylamine groups is 1. The Morgan fingerprint density at radius 3 is 3.10 bits per heavy atom. The average molecular weight is 287 g/mol. The molecule has 112 valence electrons. The molecule has 4 N–H and O–H groups in total. The molecule has 21 heavy (non-hydrogen) atoms. The second kappa shape index (κ2) is 5.87. The number of fused-ring (bicyclic) bond motifs is 3. The molecule has 1 aliphatic rings. The van der Waals surface area contributed by atoms with E-state index >= 15 is 0 Å². The number of H-pyrrole nitrogens is 1. The van der Waals surface area contributed by atoms with Gasteiger partial charge in [0.2, 0.25) is 0 Å². The number of carbonyl (C=O) groups is 1. The first-order valence-electron chi connectivity index (χ1n) is 7.57. The summed E-state index contributed by atoms with van der Waals surface area (Å²) < 4.78 is 0. The number of rotatable bonds is 4. The Morgan fingerprint density at radius 2 is 2.33 bits per heavy atom. The molecule has 1 heterocycles. The molecule has 0 aliphatic heterocycles. The molecule has 1 unspecified atom stereocenters. The first-order valence-corrected chi connectivity index (χ1v) is 7.57. The molecule has 1 aromatic heterocycles. The molecular formula is C16H21N3O2. The van der Waals surface area contributed by atoms with Gasteiger partial charge in [-0.15, -0.1) is 0 Å². The van der Waals surface area contributed by atoms with Gasteiger partial charge in [0.05, 0.1) is 0 Å². The van der Waals surface area contributed by atoms with Crippen molar-refractivity contribution >= 4 is 16.8 Å². The van der Waals surface area contributed by atoms with Crippen LogP contribution in [0.5, 0.6) is 0 Å². The highest BCUT2D eigenvalue weighted by Gasteiger charge is 2.24. The number of nitrogens with one attached hydrogen (secondary N) is 3. The Labute approximate surface area is 123 Å². The number of hydrogen-bond acceptors (Lipinski definition) is 3. The van der Waals surface area contributed by atoms with Gasteiger partial charge >= 0.3 is 0 Å². The van der Waals surface area contributed by atoms with Gasteiger partial charge < -0.3 is 10.3 Å². The van der Waals surface area contributed by atoms with E-state index in [-0.39, 0.29) is 0 Å². The maximum atomic E-state index is 11.6. The van der Waals surface area contributed by atoms with Gasteiger partial charge in [-0.2, -0.15) is 0 Å². The summed E-state index contributed by atoms with van der Waals surface area (Å²) in [6, 6.07) is 5.87. The average Bonchev–Trinajstić information content (AvgIpc) is 2.90. The summed E-state index contributed by atoms with van der Waals surface area (Å²) >= 11 is 0. The smallest absolute Gasteiger partial charge is 0.274 e. The summed E-state index contributed by atoms with van der Waals surface area (Å²) in [4.78, 5) is 15.1. The monoisotopic (exact) mass is 287 g/mol. The Morgan fingerprint density at radius 1 is 1.48 bits per heavy atom. The fourth-order valence-electron chi connectivity index (χ4n) is 3.19. The maximum absolute atomic E-state index is 11.6. The summed E-state index contributed by atoms with van der Waals surface area (Å²) in [7, 11) is 0. The zero-order valence-electron chi connectivity index (χ0n) is 12.2. The van der Waals surface area contributed by atoms with Gasteiger partial charge in [-0.05, 0) is 56.0 Å². The SMILES string of the molecule is CCCNC1CCCc2c1[nH]c1ccc(C(=O)NO)cc21. The van der Waals surface area contributed by atoms with Crippen LogP contribution in [0.1, 0.15) is 53.8 Å². The van der Waals surface area contributed by atoms with E-state index in [0.29, 0.717) is 11.6 Å². The minimum absolute atomic E-state index is 0.371. The lowest BCUT2D eigenvalue weighted by molar-refractivity contribution is 0.0706. The largest absolute Gasteiger partial charge is 0.357 e. The highest BCUT2D eigenvalue weighted by molar-refractivity contribution is 5.98. The summed E-state index contributed by atoms with van der Waals surface area (Å²) in [5, 5.41) is 13.4. The van der Waals surface area contributed by atoms with Crippen LogP contribution in [-0.4, -0.2) is 22.6 Å². The number of hydrogen-bond donors (Lipinski definition) is 4. The first-order chi connectivity index (χ1) is 10.2. The van der Waals surface area contributed by atoms with Crippen LogP contribution in [0.15, 0.2) is 18.2 Å². The third-order valence-electron chi connectivity index (χ3n) is 4.21. The topological polar surface area (TPSA) is 77.2 Å². The molecule has 0 radical (unpaired) electrons. The third-order valence-corrected chi connectivity index (χ3v) is 4.21. The van der Waals surface area contributed by atoms with E-state index in [1.165, 1.54) is 11.3 Å². The van der Waals surface area contributed by atoms with E-state index in [4.69, 9.17) is 5.21 Å². The predicted molar refractivity (Wildman–Crippen MR) is 81.5 cm³/mol. The molecular weight excluding hydrogens is 266 g/mol. The molecule has 1 aliphatic carbocycles. The van der Waals surface area contributed by atoms with Crippen molar-refractivity contribution in [3.05, 3.63) is 35.0 Å². The minimum atomic E-state index is -0.469. The molecule has 3 rings (SSSR count). The number of benzene rings is 1. The van der Waals surface area contributed by atoms with E-state index in [2.05, 4.69) is 17.2 Å². The van der Waals surface area contributed by atoms with Crippen LogP contribution in [0.2, 0.25) is 0 Å². The highest BCUT2D eigenvalue weighted by Crippen LogP contribution is 2.35. The van der Waals surface area contributed by atoms with Crippen LogP contribution in [0.25, 0.3) is 10.9 Å². The number of aryl methyl sites for hydroxylation is 1.